The predicted octanol–water partition coefficient (Wildman–Crippen LogP) is 0.996. The summed E-state index contributed by atoms with van der Waals surface area (Å²) < 4.78 is 27.4. The standard InChI is InChI=1S/C17H19N5O4S/c1-12(23)20-14-7-9-15(10-8-14)27(25,26)19-11-16(21-22-17(18)24)13-5-3-2-4-6-13/h2-10,19H,11H2,1H3,(H,20,23)(H3,18,22,24)/b21-16+. The van der Waals surface area contributed by atoms with Crippen LogP contribution in [-0.2, 0) is 14.8 Å². The van der Waals surface area contributed by atoms with Crippen molar-refractivity contribution in [1.29, 1.82) is 0 Å². The summed E-state index contributed by atoms with van der Waals surface area (Å²) >= 11 is 0. The lowest BCUT2D eigenvalue weighted by molar-refractivity contribution is -0.114. The number of benzene rings is 2. The van der Waals surface area contributed by atoms with Gasteiger partial charge < -0.3 is 11.1 Å². The number of anilines is 1. The lowest BCUT2D eigenvalue weighted by Crippen LogP contribution is -2.33. The van der Waals surface area contributed by atoms with Gasteiger partial charge in [-0.3, -0.25) is 4.79 Å². The van der Waals surface area contributed by atoms with Gasteiger partial charge in [0.25, 0.3) is 0 Å². The van der Waals surface area contributed by atoms with Crippen LogP contribution in [0.1, 0.15) is 12.5 Å². The maximum absolute atomic E-state index is 12.5. The van der Waals surface area contributed by atoms with E-state index in [0.717, 1.165) is 0 Å². The second kappa shape index (κ2) is 8.92. The fraction of sp³-hybridized carbons (Fsp3) is 0.118. The Labute approximate surface area is 156 Å². The highest BCUT2D eigenvalue weighted by atomic mass is 32.2. The van der Waals surface area contributed by atoms with Gasteiger partial charge in [0.15, 0.2) is 0 Å². The van der Waals surface area contributed by atoms with Crippen molar-refractivity contribution in [3.63, 3.8) is 0 Å². The Kier molecular flexibility index (Phi) is 6.63. The van der Waals surface area contributed by atoms with Crippen molar-refractivity contribution in [3.8, 4) is 0 Å². The quantitative estimate of drug-likeness (QED) is 0.414. The van der Waals surface area contributed by atoms with Crippen LogP contribution in [0.5, 0.6) is 0 Å². The number of primary amides is 1. The Morgan fingerprint density at radius 2 is 1.67 bits per heavy atom. The molecule has 0 aromatic heterocycles. The van der Waals surface area contributed by atoms with E-state index >= 15 is 0 Å². The summed E-state index contributed by atoms with van der Waals surface area (Å²) in [6.45, 7) is 1.19. The second-order valence-corrected chi connectivity index (χ2v) is 7.20. The van der Waals surface area contributed by atoms with Crippen LogP contribution in [-0.4, -0.2) is 32.6 Å². The number of hydrogen-bond donors (Lipinski definition) is 4. The first-order valence-electron chi connectivity index (χ1n) is 7.82. The number of amides is 3. The van der Waals surface area contributed by atoms with Crippen molar-refractivity contribution in [1.82, 2.24) is 10.1 Å². The average Bonchev–Trinajstić information content (AvgIpc) is 2.62. The van der Waals surface area contributed by atoms with Crippen LogP contribution in [0, 0.1) is 0 Å². The molecule has 0 radical (unpaired) electrons. The molecule has 142 valence electrons. The van der Waals surface area contributed by atoms with Crippen LogP contribution in [0.4, 0.5) is 10.5 Å². The van der Waals surface area contributed by atoms with Gasteiger partial charge >= 0.3 is 6.03 Å². The molecule has 2 rings (SSSR count). The van der Waals surface area contributed by atoms with E-state index in [2.05, 4.69) is 20.6 Å². The van der Waals surface area contributed by atoms with E-state index in [1.54, 1.807) is 30.3 Å². The summed E-state index contributed by atoms with van der Waals surface area (Å²) in [4.78, 5) is 21.9. The highest BCUT2D eigenvalue weighted by Gasteiger charge is 2.16. The molecule has 0 aliphatic carbocycles. The summed E-state index contributed by atoms with van der Waals surface area (Å²) in [5, 5.41) is 6.41. The fourth-order valence-corrected chi connectivity index (χ4v) is 3.11. The number of carbonyl (C=O) groups excluding carboxylic acids is 2. The number of rotatable bonds is 7. The lowest BCUT2D eigenvalue weighted by Gasteiger charge is -2.10. The molecule has 10 heteroatoms. The first kappa shape index (κ1) is 20.1. The molecule has 9 nitrogen and oxygen atoms in total. The van der Waals surface area contributed by atoms with Crippen molar-refractivity contribution in [2.45, 2.75) is 11.8 Å². The van der Waals surface area contributed by atoms with Gasteiger partial charge in [-0.15, -0.1) is 0 Å². The smallest absolute Gasteiger partial charge is 0.332 e. The van der Waals surface area contributed by atoms with Gasteiger partial charge in [-0.2, -0.15) is 5.10 Å². The largest absolute Gasteiger partial charge is 0.350 e. The Balaban J connectivity index is 2.16. The Hall–Kier alpha value is -3.24. The second-order valence-electron chi connectivity index (χ2n) is 5.43. The van der Waals surface area contributed by atoms with Crippen molar-refractivity contribution in [2.75, 3.05) is 11.9 Å². The average molecular weight is 389 g/mol. The molecule has 0 saturated carbocycles. The summed E-state index contributed by atoms with van der Waals surface area (Å²) in [5.74, 6) is -0.255. The minimum absolute atomic E-state index is 0.0203. The summed E-state index contributed by atoms with van der Waals surface area (Å²) in [5.41, 5.74) is 8.50. The molecule has 0 atom stereocenters. The molecule has 0 aliphatic heterocycles. The topological polar surface area (TPSA) is 143 Å². The molecule has 27 heavy (non-hydrogen) atoms. The Bertz CT molecular complexity index is 941. The third-order valence-electron chi connectivity index (χ3n) is 3.32. The van der Waals surface area contributed by atoms with Gasteiger partial charge in [-0.1, -0.05) is 30.3 Å². The normalized spacial score (nSPS) is 11.7. The lowest BCUT2D eigenvalue weighted by atomic mass is 10.1. The molecule has 5 N–H and O–H groups in total. The number of nitrogens with one attached hydrogen (secondary N) is 3. The first-order chi connectivity index (χ1) is 12.8. The highest BCUT2D eigenvalue weighted by molar-refractivity contribution is 7.89. The van der Waals surface area contributed by atoms with E-state index in [-0.39, 0.29) is 23.1 Å². The maximum atomic E-state index is 12.5. The van der Waals surface area contributed by atoms with Gasteiger partial charge in [0.1, 0.15) is 0 Å². The zero-order valence-electron chi connectivity index (χ0n) is 14.5. The molecule has 0 spiro atoms. The van der Waals surface area contributed by atoms with E-state index in [4.69, 9.17) is 5.73 Å². The number of sulfonamides is 1. The van der Waals surface area contributed by atoms with Crippen molar-refractivity contribution >= 4 is 33.4 Å². The number of urea groups is 1. The number of hydrogen-bond acceptors (Lipinski definition) is 5. The molecule has 0 heterocycles. The molecule has 0 fully saturated rings. The molecule has 3 amide bonds. The zero-order valence-corrected chi connectivity index (χ0v) is 15.3. The Morgan fingerprint density at radius 3 is 2.22 bits per heavy atom. The van der Waals surface area contributed by atoms with Gasteiger partial charge in [-0.05, 0) is 29.8 Å². The van der Waals surface area contributed by atoms with Crippen LogP contribution in [0.2, 0.25) is 0 Å². The minimum atomic E-state index is -3.83. The molecule has 0 saturated heterocycles. The van der Waals surface area contributed by atoms with Crippen LogP contribution >= 0.6 is 0 Å². The summed E-state index contributed by atoms with van der Waals surface area (Å²) in [7, 11) is -3.83. The van der Waals surface area contributed by atoms with Crippen LogP contribution in [0.25, 0.3) is 0 Å². The molecular weight excluding hydrogens is 370 g/mol. The Morgan fingerprint density at radius 1 is 1.04 bits per heavy atom. The molecule has 0 bridgehead atoms. The van der Waals surface area contributed by atoms with Gasteiger partial charge in [0, 0.05) is 12.6 Å². The van der Waals surface area contributed by atoms with E-state index < -0.39 is 16.1 Å². The van der Waals surface area contributed by atoms with Crippen LogP contribution in [0.3, 0.4) is 0 Å². The molecule has 2 aromatic carbocycles. The number of hydrazone groups is 1. The van der Waals surface area contributed by atoms with E-state index in [0.29, 0.717) is 11.3 Å². The SMILES string of the molecule is CC(=O)Nc1ccc(S(=O)(=O)NC/C(=N\NC(N)=O)c2ccccc2)cc1. The van der Waals surface area contributed by atoms with E-state index in [1.807, 2.05) is 0 Å². The maximum Gasteiger partial charge on any atom is 0.332 e. The summed E-state index contributed by atoms with van der Waals surface area (Å²) in [6, 6.07) is 13.6. The van der Waals surface area contributed by atoms with Gasteiger partial charge in [0.2, 0.25) is 15.9 Å². The van der Waals surface area contributed by atoms with Gasteiger partial charge in [0.05, 0.1) is 17.2 Å². The van der Waals surface area contributed by atoms with Crippen molar-refractivity contribution < 1.29 is 18.0 Å². The molecular formula is C17H19N5O4S. The third kappa shape index (κ3) is 6.20. The molecule has 2 aromatic rings. The monoisotopic (exact) mass is 389 g/mol. The van der Waals surface area contributed by atoms with Crippen LogP contribution < -0.4 is 21.2 Å². The highest BCUT2D eigenvalue weighted by Crippen LogP contribution is 2.14. The number of nitrogens with two attached hydrogens (primary N) is 1. The fourth-order valence-electron chi connectivity index (χ4n) is 2.13. The zero-order chi connectivity index (χ0) is 19.9. The number of nitrogens with zero attached hydrogens (tertiary/aromatic N) is 1. The molecule has 0 unspecified atom stereocenters. The van der Waals surface area contributed by atoms with E-state index in [1.165, 1.54) is 31.2 Å². The van der Waals surface area contributed by atoms with Gasteiger partial charge in [-0.25, -0.2) is 23.4 Å². The predicted molar refractivity (Wildman–Crippen MR) is 102 cm³/mol. The molecule has 0 aliphatic rings. The van der Waals surface area contributed by atoms with E-state index in [9.17, 15) is 18.0 Å². The van der Waals surface area contributed by atoms with Crippen LogP contribution in [0.15, 0.2) is 64.6 Å². The minimum Gasteiger partial charge on any atom is -0.350 e. The third-order valence-corrected chi connectivity index (χ3v) is 4.74. The summed E-state index contributed by atoms with van der Waals surface area (Å²) in [6.07, 6.45) is 0. The van der Waals surface area contributed by atoms with Crippen molar-refractivity contribution in [3.05, 3.63) is 60.2 Å². The van der Waals surface area contributed by atoms with Crippen molar-refractivity contribution in [2.24, 2.45) is 10.8 Å². The number of carbonyl (C=O) groups is 2. The first-order valence-corrected chi connectivity index (χ1v) is 9.31.